The van der Waals surface area contributed by atoms with Gasteiger partial charge >= 0.3 is 11.9 Å². The fourth-order valence-corrected chi connectivity index (χ4v) is 1.82. The summed E-state index contributed by atoms with van der Waals surface area (Å²) < 4.78 is 5.43. The van der Waals surface area contributed by atoms with E-state index in [1.54, 1.807) is 6.92 Å². The van der Waals surface area contributed by atoms with E-state index in [-0.39, 0.29) is 25.9 Å². The maximum absolute atomic E-state index is 11.7. The first-order valence-electron chi connectivity index (χ1n) is 7.33. The molecule has 0 spiro atoms. The maximum atomic E-state index is 11.7. The lowest BCUT2D eigenvalue weighted by molar-refractivity contribution is -0.889. The standard InChI is InChI=1S/C15H23N2O6/c1-11(2)15(21)22-10-9-17(3,4)8-7-14(20)23-16-12(18)5-6-13(16)19/h1,5-10H2,2-4H3/q+1. The molecule has 128 valence electrons. The van der Waals surface area contributed by atoms with Crippen LogP contribution in [0, 0.1) is 0 Å². The monoisotopic (exact) mass is 327 g/mol. The van der Waals surface area contributed by atoms with E-state index < -0.39 is 23.8 Å². The first kappa shape index (κ1) is 18.8. The van der Waals surface area contributed by atoms with Crippen LogP contribution < -0.4 is 0 Å². The third kappa shape index (κ3) is 6.19. The van der Waals surface area contributed by atoms with Crippen LogP contribution >= 0.6 is 0 Å². The van der Waals surface area contributed by atoms with Gasteiger partial charge in [-0.2, -0.15) is 0 Å². The molecule has 8 heteroatoms. The van der Waals surface area contributed by atoms with Gasteiger partial charge in [0.1, 0.15) is 13.2 Å². The second-order valence-corrected chi connectivity index (χ2v) is 6.09. The minimum absolute atomic E-state index is 0.0402. The summed E-state index contributed by atoms with van der Waals surface area (Å²) >= 11 is 0. The van der Waals surface area contributed by atoms with Crippen LogP contribution in [0.4, 0.5) is 0 Å². The molecule has 1 heterocycles. The smallest absolute Gasteiger partial charge is 0.338 e. The summed E-state index contributed by atoms with van der Waals surface area (Å²) in [6.07, 6.45) is 0.183. The molecule has 1 saturated heterocycles. The van der Waals surface area contributed by atoms with Crippen molar-refractivity contribution in [1.29, 1.82) is 0 Å². The van der Waals surface area contributed by atoms with Gasteiger partial charge in [-0.15, -0.1) is 5.06 Å². The number of carbonyl (C=O) groups is 4. The Morgan fingerprint density at radius 2 is 1.74 bits per heavy atom. The number of hydroxylamine groups is 2. The Kier molecular flexibility index (Phi) is 6.44. The molecular weight excluding hydrogens is 304 g/mol. The van der Waals surface area contributed by atoms with E-state index in [9.17, 15) is 19.2 Å². The largest absolute Gasteiger partial charge is 0.456 e. The second-order valence-electron chi connectivity index (χ2n) is 6.09. The van der Waals surface area contributed by atoms with Gasteiger partial charge in [0.15, 0.2) is 0 Å². The Morgan fingerprint density at radius 1 is 1.17 bits per heavy atom. The highest BCUT2D eigenvalue weighted by Gasteiger charge is 2.33. The molecule has 8 nitrogen and oxygen atoms in total. The zero-order chi connectivity index (χ0) is 17.6. The number of carbonyl (C=O) groups excluding carboxylic acids is 4. The highest BCUT2D eigenvalue weighted by Crippen LogP contribution is 2.13. The van der Waals surface area contributed by atoms with Gasteiger partial charge in [-0.05, 0) is 6.92 Å². The molecule has 0 aromatic heterocycles. The van der Waals surface area contributed by atoms with Crippen LogP contribution in [0.25, 0.3) is 0 Å². The highest BCUT2D eigenvalue weighted by atomic mass is 16.7. The third-order valence-electron chi connectivity index (χ3n) is 3.40. The molecule has 0 unspecified atom stereocenters. The fraction of sp³-hybridized carbons (Fsp3) is 0.600. The van der Waals surface area contributed by atoms with Gasteiger partial charge in [-0.25, -0.2) is 9.59 Å². The summed E-state index contributed by atoms with van der Waals surface area (Å²) in [7, 11) is 3.74. The molecule has 0 bridgehead atoms. The lowest BCUT2D eigenvalue weighted by Crippen LogP contribution is -2.44. The number of ether oxygens (including phenoxy) is 1. The number of amides is 2. The molecule has 2 amide bonds. The maximum Gasteiger partial charge on any atom is 0.338 e. The fourth-order valence-electron chi connectivity index (χ4n) is 1.82. The summed E-state index contributed by atoms with van der Waals surface area (Å²) in [6, 6.07) is 0. The zero-order valence-electron chi connectivity index (χ0n) is 13.8. The van der Waals surface area contributed by atoms with Crippen LogP contribution in [-0.4, -0.2) is 67.1 Å². The third-order valence-corrected chi connectivity index (χ3v) is 3.40. The molecule has 0 aliphatic carbocycles. The van der Waals surface area contributed by atoms with E-state index in [1.807, 2.05) is 14.1 Å². The number of hydrogen-bond donors (Lipinski definition) is 0. The number of rotatable bonds is 8. The Morgan fingerprint density at radius 3 is 2.26 bits per heavy atom. The van der Waals surface area contributed by atoms with Crippen molar-refractivity contribution in [2.75, 3.05) is 33.8 Å². The van der Waals surface area contributed by atoms with Gasteiger partial charge in [0.2, 0.25) is 0 Å². The van der Waals surface area contributed by atoms with Crippen LogP contribution in [0.3, 0.4) is 0 Å². The number of nitrogens with zero attached hydrogens (tertiary/aromatic N) is 2. The summed E-state index contributed by atoms with van der Waals surface area (Å²) in [5.41, 5.74) is 0.332. The predicted molar refractivity (Wildman–Crippen MR) is 79.4 cm³/mol. The molecule has 0 atom stereocenters. The van der Waals surface area contributed by atoms with Gasteiger partial charge in [0, 0.05) is 18.4 Å². The average molecular weight is 327 g/mol. The summed E-state index contributed by atoms with van der Waals surface area (Å²) in [5.74, 6) is -2.08. The van der Waals surface area contributed by atoms with Gasteiger partial charge in [-0.3, -0.25) is 9.59 Å². The van der Waals surface area contributed by atoms with Crippen molar-refractivity contribution in [2.24, 2.45) is 0 Å². The molecule has 1 aliphatic heterocycles. The van der Waals surface area contributed by atoms with Crippen molar-refractivity contribution in [3.63, 3.8) is 0 Å². The Bertz CT molecular complexity index is 510. The lowest BCUT2D eigenvalue weighted by atomic mass is 10.3. The Balaban J connectivity index is 2.33. The molecule has 0 radical (unpaired) electrons. The van der Waals surface area contributed by atoms with Crippen LogP contribution in [0.5, 0.6) is 0 Å². The number of imide groups is 1. The molecule has 1 fully saturated rings. The van der Waals surface area contributed by atoms with E-state index in [4.69, 9.17) is 9.57 Å². The van der Waals surface area contributed by atoms with Crippen LogP contribution in [0.15, 0.2) is 12.2 Å². The lowest BCUT2D eigenvalue weighted by Gasteiger charge is -2.29. The Hall–Kier alpha value is -2.22. The molecule has 23 heavy (non-hydrogen) atoms. The van der Waals surface area contributed by atoms with Gasteiger partial charge in [-0.1, -0.05) is 6.58 Å². The normalized spacial score (nSPS) is 14.8. The molecule has 0 aromatic rings. The van der Waals surface area contributed by atoms with Crippen molar-refractivity contribution in [3.8, 4) is 0 Å². The van der Waals surface area contributed by atoms with Crippen LogP contribution in [0.1, 0.15) is 26.2 Å². The minimum Gasteiger partial charge on any atom is -0.456 e. The highest BCUT2D eigenvalue weighted by molar-refractivity contribution is 6.01. The first-order chi connectivity index (χ1) is 10.6. The summed E-state index contributed by atoms with van der Waals surface area (Å²) in [5, 5.41) is 0.539. The summed E-state index contributed by atoms with van der Waals surface area (Å²) in [6.45, 7) is 6.19. The molecule has 1 rings (SSSR count). The second kappa shape index (κ2) is 7.87. The number of esters is 1. The topological polar surface area (TPSA) is 90.0 Å². The molecule has 0 saturated carbocycles. The van der Waals surface area contributed by atoms with Crippen molar-refractivity contribution < 1.29 is 33.2 Å². The molecule has 1 aliphatic rings. The van der Waals surface area contributed by atoms with Crippen LogP contribution in [0.2, 0.25) is 0 Å². The number of quaternary nitrogens is 1. The minimum atomic E-state index is -0.640. The average Bonchev–Trinajstić information content (AvgIpc) is 2.76. The van der Waals surface area contributed by atoms with Crippen molar-refractivity contribution in [2.45, 2.75) is 26.2 Å². The van der Waals surface area contributed by atoms with Crippen LogP contribution in [-0.2, 0) is 28.8 Å². The quantitative estimate of drug-likeness (QED) is 0.273. The van der Waals surface area contributed by atoms with Gasteiger partial charge < -0.3 is 14.1 Å². The van der Waals surface area contributed by atoms with Crippen molar-refractivity contribution in [1.82, 2.24) is 5.06 Å². The molecule has 0 aromatic carbocycles. The van der Waals surface area contributed by atoms with Gasteiger partial charge in [0.05, 0.1) is 27.1 Å². The van der Waals surface area contributed by atoms with E-state index in [1.165, 1.54) is 0 Å². The predicted octanol–water partition coefficient (Wildman–Crippen LogP) is 0.179. The molecule has 0 N–H and O–H groups in total. The van der Waals surface area contributed by atoms with E-state index in [2.05, 4.69) is 6.58 Å². The number of hydrogen-bond acceptors (Lipinski definition) is 6. The number of likely N-dealkylation sites (N-methyl/N-ethyl adjacent to an activating group) is 1. The first-order valence-corrected chi connectivity index (χ1v) is 7.33. The molecular formula is C15H23N2O6+. The van der Waals surface area contributed by atoms with E-state index >= 15 is 0 Å². The van der Waals surface area contributed by atoms with E-state index in [0.717, 1.165) is 0 Å². The van der Waals surface area contributed by atoms with E-state index in [0.29, 0.717) is 28.2 Å². The van der Waals surface area contributed by atoms with Crippen molar-refractivity contribution >= 4 is 23.8 Å². The Labute approximate surface area is 135 Å². The van der Waals surface area contributed by atoms with Crippen molar-refractivity contribution in [3.05, 3.63) is 12.2 Å². The zero-order valence-corrected chi connectivity index (χ0v) is 13.8. The van der Waals surface area contributed by atoms with Gasteiger partial charge in [0.25, 0.3) is 11.8 Å². The summed E-state index contributed by atoms with van der Waals surface area (Å²) in [4.78, 5) is 50.5. The SMILES string of the molecule is C=C(C)C(=O)OCC[N+](C)(C)CCC(=O)ON1C(=O)CCC1=O.